The van der Waals surface area contributed by atoms with Gasteiger partial charge in [0.25, 0.3) is 0 Å². The molecule has 0 saturated heterocycles. The summed E-state index contributed by atoms with van der Waals surface area (Å²) in [6.07, 6.45) is 9.01. The fourth-order valence-corrected chi connectivity index (χ4v) is 3.71. The molecule has 0 amide bonds. The molecule has 0 aromatic carbocycles. The molecule has 0 bridgehead atoms. The average Bonchev–Trinajstić information content (AvgIpc) is 2.81. The third-order valence-electron chi connectivity index (χ3n) is 5.18. The SMILES string of the molecule is N#Cc1cnc(N[C@H]2CC[C@H](O)CC2)nc1N[C@@H]1CCCC[C@H](O)C1. The van der Waals surface area contributed by atoms with Crippen molar-refractivity contribution in [1.29, 1.82) is 5.26 Å². The Morgan fingerprint density at radius 1 is 0.960 bits per heavy atom. The van der Waals surface area contributed by atoms with Crippen molar-refractivity contribution in [3.8, 4) is 6.07 Å². The molecule has 1 aromatic rings. The van der Waals surface area contributed by atoms with E-state index in [0.29, 0.717) is 23.8 Å². The van der Waals surface area contributed by atoms with Crippen LogP contribution in [0.15, 0.2) is 6.20 Å². The summed E-state index contributed by atoms with van der Waals surface area (Å²) in [5, 5.41) is 35.6. The molecule has 2 aliphatic carbocycles. The Balaban J connectivity index is 1.68. The number of aliphatic hydroxyl groups excluding tert-OH is 2. The highest BCUT2D eigenvalue weighted by Gasteiger charge is 2.22. The molecule has 2 fully saturated rings. The van der Waals surface area contributed by atoms with Gasteiger partial charge < -0.3 is 20.8 Å². The predicted molar refractivity (Wildman–Crippen MR) is 95.1 cm³/mol. The molecule has 3 rings (SSSR count). The fourth-order valence-electron chi connectivity index (χ4n) is 3.71. The van der Waals surface area contributed by atoms with Crippen molar-refractivity contribution >= 4 is 11.8 Å². The van der Waals surface area contributed by atoms with Gasteiger partial charge in [0, 0.05) is 12.1 Å². The Morgan fingerprint density at radius 3 is 2.48 bits per heavy atom. The summed E-state index contributed by atoms with van der Waals surface area (Å²) in [5.41, 5.74) is 0.420. The number of nitrogens with one attached hydrogen (secondary N) is 2. The second-order valence-corrected chi connectivity index (χ2v) is 7.23. The lowest BCUT2D eigenvalue weighted by Crippen LogP contribution is -2.29. The Hall–Kier alpha value is -1.91. The van der Waals surface area contributed by atoms with Crippen LogP contribution in [0, 0.1) is 11.3 Å². The van der Waals surface area contributed by atoms with E-state index in [4.69, 9.17) is 0 Å². The zero-order valence-electron chi connectivity index (χ0n) is 14.5. The van der Waals surface area contributed by atoms with Gasteiger partial charge in [0.15, 0.2) is 0 Å². The monoisotopic (exact) mass is 345 g/mol. The topological polar surface area (TPSA) is 114 Å². The number of rotatable bonds is 4. The highest BCUT2D eigenvalue weighted by Crippen LogP contribution is 2.24. The first kappa shape index (κ1) is 17.9. The maximum absolute atomic E-state index is 9.99. The van der Waals surface area contributed by atoms with Crippen LogP contribution in [0.4, 0.5) is 11.8 Å². The van der Waals surface area contributed by atoms with Gasteiger partial charge in [-0.15, -0.1) is 0 Å². The smallest absolute Gasteiger partial charge is 0.224 e. The van der Waals surface area contributed by atoms with Crippen molar-refractivity contribution in [3.63, 3.8) is 0 Å². The number of aromatic nitrogens is 2. The van der Waals surface area contributed by atoms with Gasteiger partial charge in [-0.3, -0.25) is 0 Å². The van der Waals surface area contributed by atoms with Crippen LogP contribution in [-0.2, 0) is 0 Å². The van der Waals surface area contributed by atoms with Gasteiger partial charge in [0.2, 0.25) is 5.95 Å². The Bertz CT molecular complexity index is 610. The second kappa shape index (κ2) is 8.45. The maximum atomic E-state index is 9.99. The number of anilines is 2. The van der Waals surface area contributed by atoms with E-state index in [-0.39, 0.29) is 24.3 Å². The molecular formula is C18H27N5O2. The molecule has 7 nitrogen and oxygen atoms in total. The molecule has 1 aromatic heterocycles. The lowest BCUT2D eigenvalue weighted by Gasteiger charge is -2.26. The molecule has 2 aliphatic rings. The minimum Gasteiger partial charge on any atom is -0.393 e. The highest BCUT2D eigenvalue weighted by molar-refractivity contribution is 5.54. The number of nitriles is 1. The third-order valence-corrected chi connectivity index (χ3v) is 5.18. The number of hydrogen-bond acceptors (Lipinski definition) is 7. The zero-order valence-corrected chi connectivity index (χ0v) is 14.5. The van der Waals surface area contributed by atoms with Gasteiger partial charge >= 0.3 is 0 Å². The normalized spacial score (nSPS) is 30.1. The molecule has 0 radical (unpaired) electrons. The van der Waals surface area contributed by atoms with E-state index < -0.39 is 0 Å². The minimum atomic E-state index is -0.293. The van der Waals surface area contributed by atoms with E-state index in [1.165, 1.54) is 0 Å². The first-order chi connectivity index (χ1) is 12.1. The Kier molecular flexibility index (Phi) is 6.05. The van der Waals surface area contributed by atoms with Gasteiger partial charge in [0.1, 0.15) is 17.5 Å². The summed E-state index contributed by atoms with van der Waals surface area (Å²) >= 11 is 0. The van der Waals surface area contributed by atoms with Gasteiger partial charge in [-0.05, 0) is 44.9 Å². The van der Waals surface area contributed by atoms with E-state index in [2.05, 4.69) is 26.7 Å². The van der Waals surface area contributed by atoms with Crippen molar-refractivity contribution in [3.05, 3.63) is 11.8 Å². The molecule has 0 spiro atoms. The predicted octanol–water partition coefficient (Wildman–Crippen LogP) is 2.17. The standard InChI is InChI=1S/C18H27N5O2/c19-10-12-11-20-18(22-13-5-7-15(24)8-6-13)23-17(12)21-14-3-1-2-4-16(25)9-14/h11,13-16,24-25H,1-9H2,(H2,20,21,22,23)/t13-,14-,15-,16+/m1/s1. The van der Waals surface area contributed by atoms with Gasteiger partial charge in [-0.25, -0.2) is 4.98 Å². The van der Waals surface area contributed by atoms with Crippen LogP contribution in [0.5, 0.6) is 0 Å². The number of aliphatic hydroxyl groups is 2. The van der Waals surface area contributed by atoms with E-state index in [1.54, 1.807) is 6.20 Å². The molecule has 4 N–H and O–H groups in total. The lowest BCUT2D eigenvalue weighted by atomic mass is 9.93. The van der Waals surface area contributed by atoms with Crippen molar-refractivity contribution in [2.45, 2.75) is 82.1 Å². The van der Waals surface area contributed by atoms with Crippen molar-refractivity contribution < 1.29 is 10.2 Å². The molecule has 136 valence electrons. The second-order valence-electron chi connectivity index (χ2n) is 7.23. The number of nitrogens with zero attached hydrogens (tertiary/aromatic N) is 3. The molecule has 0 unspecified atom stereocenters. The van der Waals surface area contributed by atoms with Crippen molar-refractivity contribution in [2.24, 2.45) is 0 Å². The largest absolute Gasteiger partial charge is 0.393 e. The van der Waals surface area contributed by atoms with Gasteiger partial charge in [0.05, 0.1) is 18.4 Å². The molecular weight excluding hydrogens is 318 g/mol. The van der Waals surface area contributed by atoms with E-state index in [0.717, 1.165) is 51.4 Å². The quantitative estimate of drug-likeness (QED) is 0.618. The molecule has 0 aliphatic heterocycles. The van der Waals surface area contributed by atoms with Crippen LogP contribution in [0.2, 0.25) is 0 Å². The average molecular weight is 345 g/mol. The molecule has 2 atom stereocenters. The van der Waals surface area contributed by atoms with Crippen LogP contribution in [0.1, 0.15) is 63.4 Å². The lowest BCUT2D eigenvalue weighted by molar-refractivity contribution is 0.126. The highest BCUT2D eigenvalue weighted by atomic mass is 16.3. The van der Waals surface area contributed by atoms with Crippen molar-refractivity contribution in [1.82, 2.24) is 9.97 Å². The summed E-state index contributed by atoms with van der Waals surface area (Å²) in [5.74, 6) is 1.05. The van der Waals surface area contributed by atoms with Gasteiger partial charge in [-0.2, -0.15) is 10.2 Å². The van der Waals surface area contributed by atoms with E-state index in [1.807, 2.05) is 0 Å². The first-order valence-corrected chi connectivity index (χ1v) is 9.30. The summed E-state index contributed by atoms with van der Waals surface area (Å²) in [4.78, 5) is 8.76. The Labute approximate surface area is 148 Å². The van der Waals surface area contributed by atoms with Crippen molar-refractivity contribution in [2.75, 3.05) is 10.6 Å². The molecule has 25 heavy (non-hydrogen) atoms. The van der Waals surface area contributed by atoms with Crippen LogP contribution >= 0.6 is 0 Å². The summed E-state index contributed by atoms with van der Waals surface area (Å²) in [7, 11) is 0. The molecule has 2 saturated carbocycles. The fraction of sp³-hybridized carbons (Fsp3) is 0.722. The zero-order chi connectivity index (χ0) is 17.6. The maximum Gasteiger partial charge on any atom is 0.224 e. The third kappa shape index (κ3) is 5.03. The number of hydrogen-bond donors (Lipinski definition) is 4. The Morgan fingerprint density at radius 2 is 1.72 bits per heavy atom. The molecule has 1 heterocycles. The first-order valence-electron chi connectivity index (χ1n) is 9.30. The van der Waals surface area contributed by atoms with E-state index >= 15 is 0 Å². The molecule has 7 heteroatoms. The van der Waals surface area contributed by atoms with Crippen LogP contribution in [-0.4, -0.2) is 44.5 Å². The van der Waals surface area contributed by atoms with Crippen LogP contribution in [0.25, 0.3) is 0 Å². The van der Waals surface area contributed by atoms with Crippen LogP contribution < -0.4 is 10.6 Å². The van der Waals surface area contributed by atoms with E-state index in [9.17, 15) is 15.5 Å². The summed E-state index contributed by atoms with van der Waals surface area (Å²) in [6, 6.07) is 2.51. The van der Waals surface area contributed by atoms with Crippen LogP contribution in [0.3, 0.4) is 0 Å². The summed E-state index contributed by atoms with van der Waals surface area (Å²) < 4.78 is 0. The minimum absolute atomic E-state index is 0.122. The summed E-state index contributed by atoms with van der Waals surface area (Å²) in [6.45, 7) is 0. The van der Waals surface area contributed by atoms with Gasteiger partial charge in [-0.1, -0.05) is 12.8 Å².